The molecule has 0 aliphatic carbocycles. The number of esters is 1. The molecule has 0 bridgehead atoms. The molecule has 0 radical (unpaired) electrons. The number of carbonyl (C=O) groups excluding carboxylic acids is 2. The van der Waals surface area contributed by atoms with Crippen LogP contribution >= 0.6 is 11.8 Å². The standard InChI is InChI=1S/C22H25NO3S/c1-26-22(25)17-11-9-16(10-12-17)14-23-13-5-6-18(15-23)21(24)19-7-3-4-8-20(19)27-2/h3-4,7-12,18H,5-6,13-15H2,1-2H3/t18-/m1/s1. The molecular weight excluding hydrogens is 358 g/mol. The van der Waals surface area contributed by atoms with Gasteiger partial charge in [0, 0.05) is 29.5 Å². The third kappa shape index (κ3) is 4.79. The molecule has 0 amide bonds. The van der Waals surface area contributed by atoms with E-state index in [1.54, 1.807) is 23.9 Å². The van der Waals surface area contributed by atoms with Gasteiger partial charge in [0.15, 0.2) is 5.78 Å². The lowest BCUT2D eigenvalue weighted by atomic mass is 9.89. The fraction of sp³-hybridized carbons (Fsp3) is 0.364. The number of hydrogen-bond acceptors (Lipinski definition) is 5. The molecule has 0 saturated carbocycles. The van der Waals surface area contributed by atoms with Gasteiger partial charge in [-0.2, -0.15) is 0 Å². The number of rotatable bonds is 6. The molecular formula is C22H25NO3S. The predicted molar refractivity (Wildman–Crippen MR) is 108 cm³/mol. The highest BCUT2D eigenvalue weighted by atomic mass is 32.2. The van der Waals surface area contributed by atoms with Gasteiger partial charge in [0.2, 0.25) is 0 Å². The summed E-state index contributed by atoms with van der Waals surface area (Å²) in [4.78, 5) is 28.0. The highest BCUT2D eigenvalue weighted by Crippen LogP contribution is 2.27. The molecule has 0 spiro atoms. The first-order chi connectivity index (χ1) is 13.1. The van der Waals surface area contributed by atoms with Gasteiger partial charge in [0.1, 0.15) is 0 Å². The van der Waals surface area contributed by atoms with Crippen molar-refractivity contribution in [3.05, 3.63) is 65.2 Å². The summed E-state index contributed by atoms with van der Waals surface area (Å²) in [5, 5.41) is 0. The van der Waals surface area contributed by atoms with E-state index in [2.05, 4.69) is 4.90 Å². The van der Waals surface area contributed by atoms with Gasteiger partial charge in [-0.1, -0.05) is 30.3 Å². The van der Waals surface area contributed by atoms with Gasteiger partial charge in [-0.3, -0.25) is 9.69 Å². The number of Topliss-reactive ketones (excluding diaryl/α,β-unsaturated/α-hetero) is 1. The van der Waals surface area contributed by atoms with E-state index < -0.39 is 0 Å². The molecule has 3 rings (SSSR count). The minimum atomic E-state index is -0.322. The summed E-state index contributed by atoms with van der Waals surface area (Å²) in [6.07, 6.45) is 3.98. The maximum Gasteiger partial charge on any atom is 0.337 e. The second-order valence-electron chi connectivity index (χ2n) is 6.83. The lowest BCUT2D eigenvalue weighted by Crippen LogP contribution is -2.38. The van der Waals surface area contributed by atoms with E-state index in [1.165, 1.54) is 7.11 Å². The monoisotopic (exact) mass is 383 g/mol. The van der Waals surface area contributed by atoms with Gasteiger partial charge in [-0.25, -0.2) is 4.79 Å². The average molecular weight is 384 g/mol. The topological polar surface area (TPSA) is 46.6 Å². The van der Waals surface area contributed by atoms with Crippen molar-refractivity contribution in [3.8, 4) is 0 Å². The first kappa shape index (κ1) is 19.6. The Morgan fingerprint density at radius 3 is 2.59 bits per heavy atom. The van der Waals surface area contributed by atoms with Crippen LogP contribution in [0.25, 0.3) is 0 Å². The Labute approximate surface area is 164 Å². The summed E-state index contributed by atoms with van der Waals surface area (Å²) in [5.74, 6) is -0.0234. The second kappa shape index (κ2) is 9.20. The third-order valence-electron chi connectivity index (χ3n) is 5.03. The lowest BCUT2D eigenvalue weighted by Gasteiger charge is -2.32. The molecule has 1 aliphatic rings. The highest BCUT2D eigenvalue weighted by molar-refractivity contribution is 7.98. The number of likely N-dealkylation sites (tertiary alicyclic amines) is 1. The summed E-state index contributed by atoms with van der Waals surface area (Å²) in [7, 11) is 1.39. The Morgan fingerprint density at radius 1 is 1.15 bits per heavy atom. The molecule has 0 aromatic heterocycles. The molecule has 1 saturated heterocycles. The smallest absolute Gasteiger partial charge is 0.337 e. The third-order valence-corrected chi connectivity index (χ3v) is 5.83. The van der Waals surface area contributed by atoms with Gasteiger partial charge in [0.05, 0.1) is 12.7 Å². The first-order valence-electron chi connectivity index (χ1n) is 9.19. The van der Waals surface area contributed by atoms with Crippen LogP contribution in [0.1, 0.15) is 39.1 Å². The summed E-state index contributed by atoms with van der Waals surface area (Å²) in [6, 6.07) is 15.4. The van der Waals surface area contributed by atoms with Crippen molar-refractivity contribution in [1.29, 1.82) is 0 Å². The van der Waals surface area contributed by atoms with Crippen LogP contribution in [0.15, 0.2) is 53.4 Å². The molecule has 0 unspecified atom stereocenters. The van der Waals surface area contributed by atoms with Crippen LogP contribution in [0, 0.1) is 5.92 Å². The van der Waals surface area contributed by atoms with Crippen LogP contribution in [-0.2, 0) is 11.3 Å². The molecule has 1 aliphatic heterocycles. The number of ketones is 1. The second-order valence-corrected chi connectivity index (χ2v) is 7.68. The number of methoxy groups -OCH3 is 1. The molecule has 5 heteroatoms. The van der Waals surface area contributed by atoms with Crippen LogP contribution in [-0.4, -0.2) is 43.1 Å². The van der Waals surface area contributed by atoms with Crippen molar-refractivity contribution >= 4 is 23.5 Å². The molecule has 1 heterocycles. The summed E-state index contributed by atoms with van der Waals surface area (Å²) in [5.41, 5.74) is 2.54. The van der Waals surface area contributed by atoms with Crippen LogP contribution in [0.4, 0.5) is 0 Å². The fourth-order valence-corrected chi connectivity index (χ4v) is 4.21. The average Bonchev–Trinajstić information content (AvgIpc) is 2.73. The van der Waals surface area contributed by atoms with Crippen molar-refractivity contribution in [1.82, 2.24) is 4.90 Å². The van der Waals surface area contributed by atoms with Crippen LogP contribution in [0.3, 0.4) is 0 Å². The Bertz CT molecular complexity index is 803. The van der Waals surface area contributed by atoms with E-state index in [1.807, 2.05) is 42.7 Å². The zero-order valence-electron chi connectivity index (χ0n) is 15.8. The zero-order valence-corrected chi connectivity index (χ0v) is 16.6. The minimum absolute atomic E-state index is 0.0430. The lowest BCUT2D eigenvalue weighted by molar-refractivity contribution is 0.0600. The molecule has 142 valence electrons. The number of ether oxygens (including phenoxy) is 1. The molecule has 2 aromatic rings. The molecule has 2 aromatic carbocycles. The van der Waals surface area contributed by atoms with Crippen molar-refractivity contribution in [2.75, 3.05) is 26.5 Å². The summed E-state index contributed by atoms with van der Waals surface area (Å²) >= 11 is 1.62. The Hall–Kier alpha value is -2.11. The van der Waals surface area contributed by atoms with Gasteiger partial charge >= 0.3 is 5.97 Å². The van der Waals surface area contributed by atoms with Crippen molar-refractivity contribution in [2.45, 2.75) is 24.3 Å². The first-order valence-corrected chi connectivity index (χ1v) is 10.4. The summed E-state index contributed by atoms with van der Waals surface area (Å²) in [6.45, 7) is 2.56. The highest BCUT2D eigenvalue weighted by Gasteiger charge is 2.27. The van der Waals surface area contributed by atoms with Crippen LogP contribution in [0.5, 0.6) is 0 Å². The van der Waals surface area contributed by atoms with Crippen LogP contribution < -0.4 is 0 Å². The van der Waals surface area contributed by atoms with E-state index in [0.29, 0.717) is 5.56 Å². The number of hydrogen-bond donors (Lipinski definition) is 0. The molecule has 0 N–H and O–H groups in total. The number of nitrogens with zero attached hydrogens (tertiary/aromatic N) is 1. The normalized spacial score (nSPS) is 17.5. The molecule has 27 heavy (non-hydrogen) atoms. The Balaban J connectivity index is 1.65. The van der Waals surface area contributed by atoms with E-state index in [-0.39, 0.29) is 17.7 Å². The Kier molecular flexibility index (Phi) is 6.69. The molecule has 1 atom stereocenters. The van der Waals surface area contributed by atoms with Crippen molar-refractivity contribution < 1.29 is 14.3 Å². The Morgan fingerprint density at radius 2 is 1.89 bits per heavy atom. The number of benzene rings is 2. The van der Waals surface area contributed by atoms with Crippen molar-refractivity contribution in [2.24, 2.45) is 5.92 Å². The summed E-state index contributed by atoms with van der Waals surface area (Å²) < 4.78 is 4.74. The van der Waals surface area contributed by atoms with E-state index in [4.69, 9.17) is 4.74 Å². The van der Waals surface area contributed by atoms with Gasteiger partial charge in [-0.15, -0.1) is 11.8 Å². The SMILES string of the molecule is COC(=O)c1ccc(CN2CCC[C@@H](C(=O)c3ccccc3SC)C2)cc1. The number of carbonyl (C=O) groups is 2. The molecule has 1 fully saturated rings. The maximum atomic E-state index is 13.0. The fourth-order valence-electron chi connectivity index (χ4n) is 3.60. The van der Waals surface area contributed by atoms with E-state index in [0.717, 1.165) is 48.5 Å². The minimum Gasteiger partial charge on any atom is -0.465 e. The van der Waals surface area contributed by atoms with Gasteiger partial charge in [0.25, 0.3) is 0 Å². The van der Waals surface area contributed by atoms with E-state index in [9.17, 15) is 9.59 Å². The number of piperidine rings is 1. The van der Waals surface area contributed by atoms with Crippen LogP contribution in [0.2, 0.25) is 0 Å². The van der Waals surface area contributed by atoms with Gasteiger partial charge in [-0.05, 0) is 49.4 Å². The predicted octanol–water partition coefficient (Wildman–Crippen LogP) is 4.29. The number of thioether (sulfide) groups is 1. The maximum absolute atomic E-state index is 13.0. The quantitative estimate of drug-likeness (QED) is 0.423. The van der Waals surface area contributed by atoms with Crippen molar-refractivity contribution in [3.63, 3.8) is 0 Å². The molecule has 4 nitrogen and oxygen atoms in total. The van der Waals surface area contributed by atoms with Gasteiger partial charge < -0.3 is 4.74 Å². The zero-order chi connectivity index (χ0) is 19.2. The van der Waals surface area contributed by atoms with E-state index >= 15 is 0 Å². The largest absolute Gasteiger partial charge is 0.465 e.